The number of pyridine rings is 1. The Hall–Kier alpha value is -2.74. The smallest absolute Gasteiger partial charge is 0.229 e. The van der Waals surface area contributed by atoms with Crippen molar-refractivity contribution in [2.45, 2.75) is 12.8 Å². The normalized spacial score (nSPS) is 20.8. The number of piperazine rings is 1. The summed E-state index contributed by atoms with van der Waals surface area (Å²) in [5.74, 6) is 1.62. The average molecular weight is 381 g/mol. The highest BCUT2D eigenvalue weighted by atomic mass is 16.1. The van der Waals surface area contributed by atoms with Crippen LogP contribution in [0, 0.1) is 5.92 Å². The minimum atomic E-state index is -0.0742. The number of anilines is 3. The quantitative estimate of drug-likeness (QED) is 0.859. The van der Waals surface area contributed by atoms with Crippen LogP contribution < -0.4 is 15.1 Å². The van der Waals surface area contributed by atoms with Crippen LogP contribution in [-0.2, 0) is 4.79 Å². The molecule has 4 heterocycles. The molecule has 2 saturated heterocycles. The van der Waals surface area contributed by atoms with Crippen LogP contribution >= 0.6 is 0 Å². The fourth-order valence-corrected chi connectivity index (χ4v) is 3.75. The van der Waals surface area contributed by atoms with Crippen LogP contribution in [0.4, 0.5) is 17.5 Å². The molecule has 1 amide bonds. The van der Waals surface area contributed by atoms with E-state index in [1.165, 1.54) is 0 Å². The van der Waals surface area contributed by atoms with Gasteiger partial charge < -0.3 is 20.0 Å². The second-order valence-corrected chi connectivity index (χ2v) is 7.52. The van der Waals surface area contributed by atoms with E-state index in [-0.39, 0.29) is 11.8 Å². The SMILES string of the molecule is CN1CCN(c2ccc(NC(=O)C3CCCN(c4ncccn4)C3)cn2)CC1. The summed E-state index contributed by atoms with van der Waals surface area (Å²) in [7, 11) is 2.14. The summed E-state index contributed by atoms with van der Waals surface area (Å²) < 4.78 is 0. The number of amides is 1. The van der Waals surface area contributed by atoms with Crippen molar-refractivity contribution < 1.29 is 4.79 Å². The van der Waals surface area contributed by atoms with Crippen LogP contribution in [0.1, 0.15) is 12.8 Å². The molecule has 8 nitrogen and oxygen atoms in total. The molecule has 0 spiro atoms. The first-order chi connectivity index (χ1) is 13.7. The summed E-state index contributed by atoms with van der Waals surface area (Å²) in [4.78, 5) is 32.6. The van der Waals surface area contributed by atoms with E-state index < -0.39 is 0 Å². The number of carbonyl (C=O) groups excluding carboxylic acids is 1. The monoisotopic (exact) mass is 381 g/mol. The van der Waals surface area contributed by atoms with Gasteiger partial charge in [0.15, 0.2) is 0 Å². The second-order valence-electron chi connectivity index (χ2n) is 7.52. The Kier molecular flexibility index (Phi) is 5.66. The second kappa shape index (κ2) is 8.52. The van der Waals surface area contributed by atoms with Crippen LogP contribution in [0.25, 0.3) is 0 Å². The molecule has 1 atom stereocenters. The first-order valence-corrected chi connectivity index (χ1v) is 9.91. The number of nitrogens with zero attached hydrogens (tertiary/aromatic N) is 6. The van der Waals surface area contributed by atoms with E-state index in [9.17, 15) is 4.79 Å². The van der Waals surface area contributed by atoms with Gasteiger partial charge >= 0.3 is 0 Å². The van der Waals surface area contributed by atoms with Gasteiger partial charge in [-0.15, -0.1) is 0 Å². The first-order valence-electron chi connectivity index (χ1n) is 9.91. The Morgan fingerprint density at radius 3 is 2.54 bits per heavy atom. The minimum absolute atomic E-state index is 0.0368. The Morgan fingerprint density at radius 2 is 1.82 bits per heavy atom. The van der Waals surface area contributed by atoms with Gasteiger partial charge in [0.2, 0.25) is 11.9 Å². The van der Waals surface area contributed by atoms with Gasteiger partial charge in [-0.05, 0) is 38.1 Å². The van der Waals surface area contributed by atoms with Crippen molar-refractivity contribution in [3.8, 4) is 0 Å². The van der Waals surface area contributed by atoms with Crippen LogP contribution in [0.15, 0.2) is 36.8 Å². The molecule has 4 rings (SSSR count). The lowest BCUT2D eigenvalue weighted by atomic mass is 9.97. The van der Waals surface area contributed by atoms with Crippen LogP contribution in [0.3, 0.4) is 0 Å². The van der Waals surface area contributed by atoms with E-state index in [1.54, 1.807) is 24.7 Å². The number of hydrogen-bond acceptors (Lipinski definition) is 7. The highest BCUT2D eigenvalue weighted by Crippen LogP contribution is 2.22. The number of carbonyl (C=O) groups is 1. The molecule has 0 saturated carbocycles. The third-order valence-corrected chi connectivity index (χ3v) is 5.47. The molecule has 1 N–H and O–H groups in total. The first kappa shape index (κ1) is 18.6. The molecule has 148 valence electrons. The number of nitrogens with one attached hydrogen (secondary N) is 1. The molecule has 2 aliphatic rings. The van der Waals surface area contributed by atoms with Crippen molar-refractivity contribution in [2.24, 2.45) is 5.92 Å². The van der Waals surface area contributed by atoms with Gasteiger partial charge in [-0.1, -0.05) is 0 Å². The highest BCUT2D eigenvalue weighted by Gasteiger charge is 2.27. The highest BCUT2D eigenvalue weighted by molar-refractivity contribution is 5.93. The maximum atomic E-state index is 12.7. The largest absolute Gasteiger partial charge is 0.354 e. The van der Waals surface area contributed by atoms with Crippen molar-refractivity contribution in [1.82, 2.24) is 19.9 Å². The zero-order valence-corrected chi connectivity index (χ0v) is 16.3. The van der Waals surface area contributed by atoms with Crippen molar-refractivity contribution in [3.05, 3.63) is 36.8 Å². The fraction of sp³-hybridized carbons (Fsp3) is 0.500. The molecule has 0 aromatic carbocycles. The molecular formula is C20H27N7O. The van der Waals surface area contributed by atoms with Crippen molar-refractivity contribution in [3.63, 3.8) is 0 Å². The third-order valence-electron chi connectivity index (χ3n) is 5.47. The molecule has 2 aliphatic heterocycles. The average Bonchev–Trinajstić information content (AvgIpc) is 2.76. The number of hydrogen-bond donors (Lipinski definition) is 1. The molecule has 28 heavy (non-hydrogen) atoms. The Balaban J connectivity index is 1.34. The Labute approximate surface area is 165 Å². The molecule has 2 aromatic heterocycles. The number of likely N-dealkylation sites (N-methyl/N-ethyl adjacent to an activating group) is 1. The van der Waals surface area contributed by atoms with E-state index in [1.807, 2.05) is 12.1 Å². The van der Waals surface area contributed by atoms with Gasteiger partial charge in [0, 0.05) is 51.7 Å². The number of aromatic nitrogens is 3. The Bertz CT molecular complexity index is 775. The fourth-order valence-electron chi connectivity index (χ4n) is 3.75. The summed E-state index contributed by atoms with van der Waals surface area (Å²) in [6, 6.07) is 5.74. The number of rotatable bonds is 4. The van der Waals surface area contributed by atoms with Gasteiger partial charge in [-0.25, -0.2) is 15.0 Å². The van der Waals surface area contributed by atoms with Crippen molar-refractivity contribution >= 4 is 23.4 Å². The third kappa shape index (κ3) is 4.39. The maximum absolute atomic E-state index is 12.7. The predicted molar refractivity (Wildman–Crippen MR) is 110 cm³/mol. The van der Waals surface area contributed by atoms with Crippen molar-refractivity contribution in [1.29, 1.82) is 0 Å². The van der Waals surface area contributed by atoms with Gasteiger partial charge in [0.1, 0.15) is 5.82 Å². The topological polar surface area (TPSA) is 77.5 Å². The van der Waals surface area contributed by atoms with Gasteiger partial charge in [0.25, 0.3) is 0 Å². The maximum Gasteiger partial charge on any atom is 0.229 e. The lowest BCUT2D eigenvalue weighted by Gasteiger charge is -2.33. The molecule has 2 fully saturated rings. The zero-order valence-electron chi connectivity index (χ0n) is 16.3. The Morgan fingerprint density at radius 1 is 1.04 bits per heavy atom. The summed E-state index contributed by atoms with van der Waals surface area (Å²) in [6.45, 7) is 5.58. The van der Waals surface area contributed by atoms with E-state index in [2.05, 4.69) is 42.0 Å². The van der Waals surface area contributed by atoms with E-state index in [4.69, 9.17) is 0 Å². The lowest BCUT2D eigenvalue weighted by molar-refractivity contribution is -0.120. The summed E-state index contributed by atoms with van der Waals surface area (Å²) in [6.07, 6.45) is 7.06. The molecule has 0 bridgehead atoms. The lowest BCUT2D eigenvalue weighted by Crippen LogP contribution is -2.44. The standard InChI is InChI=1S/C20H27N7O/c1-25-10-12-26(13-11-25)18-6-5-17(14-23-18)24-19(28)16-4-2-9-27(15-16)20-21-7-3-8-22-20/h3,5-8,14,16H,2,4,9-13,15H2,1H3,(H,24,28). The zero-order chi connectivity index (χ0) is 19.3. The van der Waals surface area contributed by atoms with E-state index >= 15 is 0 Å². The van der Waals surface area contributed by atoms with Gasteiger partial charge in [-0.3, -0.25) is 4.79 Å². The molecule has 8 heteroatoms. The summed E-state index contributed by atoms with van der Waals surface area (Å²) in [5.41, 5.74) is 0.746. The molecular weight excluding hydrogens is 354 g/mol. The molecule has 0 aliphatic carbocycles. The van der Waals surface area contributed by atoms with Crippen LogP contribution in [0.2, 0.25) is 0 Å². The van der Waals surface area contributed by atoms with Gasteiger partial charge in [-0.2, -0.15) is 0 Å². The van der Waals surface area contributed by atoms with Gasteiger partial charge in [0.05, 0.1) is 17.8 Å². The van der Waals surface area contributed by atoms with Crippen molar-refractivity contribution in [2.75, 3.05) is 61.4 Å². The predicted octanol–water partition coefficient (Wildman–Crippen LogP) is 1.48. The van der Waals surface area contributed by atoms with Crippen LogP contribution in [0.5, 0.6) is 0 Å². The summed E-state index contributed by atoms with van der Waals surface area (Å²) in [5, 5.41) is 3.03. The molecule has 0 radical (unpaired) electrons. The van der Waals surface area contributed by atoms with Crippen LogP contribution in [-0.4, -0.2) is 72.1 Å². The van der Waals surface area contributed by atoms with E-state index in [0.717, 1.165) is 57.1 Å². The number of piperidine rings is 1. The molecule has 2 aromatic rings. The van der Waals surface area contributed by atoms with E-state index in [0.29, 0.717) is 12.5 Å². The molecule has 1 unspecified atom stereocenters. The summed E-state index contributed by atoms with van der Waals surface area (Å²) >= 11 is 0. The minimum Gasteiger partial charge on any atom is -0.354 e.